The first kappa shape index (κ1) is 26.5. The topological polar surface area (TPSA) is 105 Å². The summed E-state index contributed by atoms with van der Waals surface area (Å²) in [4.78, 5) is 22.3. The predicted octanol–water partition coefficient (Wildman–Crippen LogP) is 0.291. The molecule has 0 fully saturated rings. The Hall–Kier alpha value is -2.74. The average molecular weight is 460 g/mol. The number of carbonyl (C=O) groups is 2. The van der Waals surface area contributed by atoms with Crippen LogP contribution in [0.1, 0.15) is 36.2 Å². The van der Waals surface area contributed by atoms with E-state index in [0.717, 1.165) is 16.3 Å². The molecule has 3 rings (SSSR count). The second-order valence-electron chi connectivity index (χ2n) is 7.24. The summed E-state index contributed by atoms with van der Waals surface area (Å²) in [5.41, 5.74) is 1.14. The van der Waals surface area contributed by atoms with Crippen LogP contribution >= 0.6 is 0 Å². The van der Waals surface area contributed by atoms with Gasteiger partial charge in [0.25, 0.3) is 0 Å². The van der Waals surface area contributed by atoms with Gasteiger partial charge in [0.05, 0.1) is 24.7 Å². The zero-order valence-electron chi connectivity index (χ0n) is 19.1. The summed E-state index contributed by atoms with van der Waals surface area (Å²) >= 11 is 0. The van der Waals surface area contributed by atoms with E-state index in [2.05, 4.69) is 0 Å². The molecule has 33 heavy (non-hydrogen) atoms. The van der Waals surface area contributed by atoms with Gasteiger partial charge < -0.3 is 29.2 Å². The molecule has 0 unspecified atom stereocenters. The fraction of sp³-hybridized carbons (Fsp3) is 0.280. The Morgan fingerprint density at radius 1 is 0.970 bits per heavy atom. The Morgan fingerprint density at radius 3 is 2.42 bits per heavy atom. The largest absolute Gasteiger partial charge is 1.00 e. The molecule has 8 heteroatoms. The number of ketones is 1. The number of carboxylic acid groups (broad SMARTS) is 1. The van der Waals surface area contributed by atoms with Gasteiger partial charge in [0, 0.05) is 17.9 Å². The Kier molecular flexibility index (Phi) is 10.0. The van der Waals surface area contributed by atoms with Crippen molar-refractivity contribution in [2.75, 3.05) is 19.8 Å². The Labute approximate surface area is 214 Å². The van der Waals surface area contributed by atoms with Crippen LogP contribution in [0.25, 0.3) is 10.8 Å². The number of hydrogen-bond donors (Lipinski definition) is 1. The summed E-state index contributed by atoms with van der Waals surface area (Å²) in [6.07, 6.45) is 1.27. The Balaban J connectivity index is 0.00000385. The maximum atomic E-state index is 11.6. The number of fused-ring (bicyclic) bond motifs is 1. The molecule has 0 bridgehead atoms. The minimum atomic E-state index is -1.29. The van der Waals surface area contributed by atoms with E-state index < -0.39 is 12.6 Å². The molecule has 0 aromatic heterocycles. The number of carbonyl (C=O) groups excluding carboxylic acids is 2. The zero-order valence-corrected chi connectivity index (χ0v) is 21.1. The van der Waals surface area contributed by atoms with Gasteiger partial charge in [-0.2, -0.15) is 0 Å². The van der Waals surface area contributed by atoms with Crippen molar-refractivity contribution in [3.63, 3.8) is 0 Å². The molecule has 0 atom stereocenters. The van der Waals surface area contributed by atoms with Crippen molar-refractivity contribution in [2.45, 2.75) is 26.7 Å². The van der Waals surface area contributed by atoms with Crippen molar-refractivity contribution in [2.24, 2.45) is 0 Å². The van der Waals surface area contributed by atoms with Gasteiger partial charge in [-0.15, -0.1) is 0 Å². The number of rotatable bonds is 11. The van der Waals surface area contributed by atoms with Crippen molar-refractivity contribution >= 4 is 22.5 Å². The fourth-order valence-corrected chi connectivity index (χ4v) is 3.31. The first-order chi connectivity index (χ1) is 15.4. The van der Waals surface area contributed by atoms with Crippen LogP contribution in [0.2, 0.25) is 0 Å². The van der Waals surface area contributed by atoms with Crippen molar-refractivity contribution < 1.29 is 63.6 Å². The molecule has 3 aromatic carbocycles. The maximum Gasteiger partial charge on any atom is 1.00 e. The number of carboxylic acids is 1. The second kappa shape index (κ2) is 12.5. The zero-order chi connectivity index (χ0) is 23.1. The number of hydrogen-bond acceptors (Lipinski definition) is 7. The van der Waals surface area contributed by atoms with Crippen molar-refractivity contribution in [3.8, 4) is 23.0 Å². The molecule has 0 radical (unpaired) electrons. The number of benzene rings is 3. The van der Waals surface area contributed by atoms with E-state index >= 15 is 0 Å². The van der Waals surface area contributed by atoms with Crippen LogP contribution in [0, 0.1) is 0 Å². The van der Waals surface area contributed by atoms with E-state index in [4.69, 9.17) is 14.2 Å². The maximum absolute atomic E-state index is 11.6. The fourth-order valence-electron chi connectivity index (χ4n) is 3.31. The van der Waals surface area contributed by atoms with Crippen LogP contribution in [0.15, 0.2) is 48.5 Å². The normalized spacial score (nSPS) is 10.4. The van der Waals surface area contributed by atoms with Gasteiger partial charge in [-0.05, 0) is 48.6 Å². The molecule has 3 aromatic rings. The summed E-state index contributed by atoms with van der Waals surface area (Å²) in [7, 11) is 0. The van der Waals surface area contributed by atoms with Crippen LogP contribution in [0.3, 0.4) is 0 Å². The van der Waals surface area contributed by atoms with Gasteiger partial charge in [-0.25, -0.2) is 0 Å². The van der Waals surface area contributed by atoms with E-state index in [1.54, 1.807) is 24.3 Å². The SMILES string of the molecule is CCc1cc(C(C)=O)c(O)cc1OCCCOc1ccc2cccc(OCC(=O)[O-])c2c1.[Na+]. The molecule has 0 spiro atoms. The predicted molar refractivity (Wildman–Crippen MR) is 118 cm³/mol. The third kappa shape index (κ3) is 7.12. The van der Waals surface area contributed by atoms with Crippen molar-refractivity contribution in [3.05, 3.63) is 59.7 Å². The third-order valence-corrected chi connectivity index (χ3v) is 4.91. The van der Waals surface area contributed by atoms with Gasteiger partial charge in [-0.3, -0.25) is 4.79 Å². The third-order valence-electron chi connectivity index (χ3n) is 4.91. The van der Waals surface area contributed by atoms with Gasteiger partial charge in [0.1, 0.15) is 29.6 Å². The number of aryl methyl sites for hydroxylation is 1. The summed E-state index contributed by atoms with van der Waals surface area (Å²) in [5.74, 6) is 0.0518. The monoisotopic (exact) mass is 460 g/mol. The standard InChI is InChI=1S/C25H26O7.Na/c1-3-17-12-20(16(2)26)22(27)14-24(17)31-11-5-10-30-19-9-8-18-6-4-7-23(21(18)13-19)32-15-25(28)29;/h4,6-9,12-14,27H,3,5,10-11,15H2,1-2H3,(H,28,29);/q;+1/p-1. The van der Waals surface area contributed by atoms with E-state index in [9.17, 15) is 19.8 Å². The molecule has 0 heterocycles. The number of aromatic hydroxyl groups is 1. The van der Waals surface area contributed by atoms with E-state index in [1.165, 1.54) is 13.0 Å². The average Bonchev–Trinajstić information content (AvgIpc) is 2.77. The van der Waals surface area contributed by atoms with Crippen LogP contribution in [0.4, 0.5) is 0 Å². The number of phenols is 1. The van der Waals surface area contributed by atoms with Crippen LogP contribution in [-0.2, 0) is 11.2 Å². The minimum Gasteiger partial charge on any atom is -0.546 e. The quantitative estimate of drug-likeness (QED) is 0.249. The molecule has 0 saturated heterocycles. The number of ether oxygens (including phenoxy) is 3. The van der Waals surface area contributed by atoms with Crippen LogP contribution in [-0.4, -0.2) is 36.7 Å². The summed E-state index contributed by atoms with van der Waals surface area (Å²) in [5, 5.41) is 22.4. The first-order valence-corrected chi connectivity index (χ1v) is 10.4. The molecular weight excluding hydrogens is 435 g/mol. The van der Waals surface area contributed by atoms with E-state index in [0.29, 0.717) is 43.3 Å². The summed E-state index contributed by atoms with van der Waals surface area (Å²) in [6, 6.07) is 14.0. The summed E-state index contributed by atoms with van der Waals surface area (Å²) in [6.45, 7) is 3.62. The molecule has 0 aliphatic carbocycles. The molecule has 0 amide bonds. The molecule has 0 aliphatic rings. The van der Waals surface area contributed by atoms with Crippen molar-refractivity contribution in [1.29, 1.82) is 0 Å². The minimum absolute atomic E-state index is 0. The molecule has 0 aliphatic heterocycles. The van der Waals surface area contributed by atoms with Gasteiger partial charge >= 0.3 is 29.6 Å². The number of phenolic OH excluding ortho intramolecular Hbond substituents is 1. The van der Waals surface area contributed by atoms with Crippen molar-refractivity contribution in [1.82, 2.24) is 0 Å². The molecule has 1 N–H and O–H groups in total. The molecular formula is C25H25NaO7. The Bertz CT molecular complexity index is 1130. The van der Waals surface area contributed by atoms with Gasteiger partial charge in [0.2, 0.25) is 0 Å². The summed E-state index contributed by atoms with van der Waals surface area (Å²) < 4.78 is 16.9. The van der Waals surface area contributed by atoms with Gasteiger partial charge in [-0.1, -0.05) is 25.1 Å². The first-order valence-electron chi connectivity index (χ1n) is 10.4. The molecule has 168 valence electrons. The Morgan fingerprint density at radius 2 is 1.73 bits per heavy atom. The number of aliphatic carboxylic acids is 1. The smallest absolute Gasteiger partial charge is 0.546 e. The van der Waals surface area contributed by atoms with Crippen LogP contribution < -0.4 is 48.9 Å². The van der Waals surface area contributed by atoms with Gasteiger partial charge in [0.15, 0.2) is 5.78 Å². The van der Waals surface area contributed by atoms with E-state index in [1.807, 2.05) is 25.1 Å². The molecule has 0 saturated carbocycles. The second-order valence-corrected chi connectivity index (χ2v) is 7.24. The molecule has 7 nitrogen and oxygen atoms in total. The van der Waals surface area contributed by atoms with Crippen LogP contribution in [0.5, 0.6) is 23.0 Å². The number of Topliss-reactive ketones (excluding diaryl/α,β-unsaturated/α-hetero) is 1. The van der Waals surface area contributed by atoms with E-state index in [-0.39, 0.29) is 46.7 Å².